The molecule has 1 fully saturated rings. The summed E-state index contributed by atoms with van der Waals surface area (Å²) in [4.78, 5) is 18.5. The number of nitrogens with zero attached hydrogens (tertiary/aromatic N) is 5. The number of aryl methyl sites for hydroxylation is 1. The third-order valence-corrected chi connectivity index (χ3v) is 7.42. The van der Waals surface area contributed by atoms with Crippen LogP contribution in [0.2, 0.25) is 0 Å². The molecule has 31 heavy (non-hydrogen) atoms. The Morgan fingerprint density at radius 2 is 2.00 bits per heavy atom. The molecule has 5 rings (SSSR count). The second kappa shape index (κ2) is 8.43. The minimum Gasteiger partial charge on any atom is -0.343 e. The molecule has 0 amide bonds. The number of rotatable bonds is 8. The minimum atomic E-state index is 0.131. The number of thiophene rings is 1. The number of carbonyl (C=O) groups is 1. The highest BCUT2D eigenvalue weighted by atomic mass is 32.2. The van der Waals surface area contributed by atoms with Crippen molar-refractivity contribution in [2.24, 2.45) is 0 Å². The van der Waals surface area contributed by atoms with Crippen molar-refractivity contribution in [3.63, 3.8) is 0 Å². The Morgan fingerprint density at radius 3 is 2.71 bits per heavy atom. The Kier molecular flexibility index (Phi) is 5.50. The molecule has 4 aromatic rings. The van der Waals surface area contributed by atoms with Gasteiger partial charge < -0.3 is 4.57 Å². The summed E-state index contributed by atoms with van der Waals surface area (Å²) in [6.45, 7) is 4.91. The average molecular weight is 450 g/mol. The zero-order valence-corrected chi connectivity index (χ0v) is 19.1. The number of aromatic nitrogens is 5. The molecule has 0 aliphatic heterocycles. The number of ketones is 1. The van der Waals surface area contributed by atoms with Crippen molar-refractivity contribution in [1.82, 2.24) is 24.3 Å². The van der Waals surface area contributed by atoms with Gasteiger partial charge >= 0.3 is 0 Å². The van der Waals surface area contributed by atoms with E-state index in [1.165, 1.54) is 16.6 Å². The Labute approximate surface area is 189 Å². The van der Waals surface area contributed by atoms with Crippen LogP contribution in [0, 0.1) is 13.8 Å². The number of Topliss-reactive ketones (excluding diaryl/α,β-unsaturated/α-hetero) is 1. The van der Waals surface area contributed by atoms with Crippen LogP contribution in [0.3, 0.4) is 0 Å². The first-order chi connectivity index (χ1) is 15.1. The summed E-state index contributed by atoms with van der Waals surface area (Å²) in [7, 11) is 0. The van der Waals surface area contributed by atoms with E-state index in [2.05, 4.69) is 48.8 Å². The van der Waals surface area contributed by atoms with E-state index < -0.39 is 0 Å². The van der Waals surface area contributed by atoms with Crippen LogP contribution in [-0.2, 0) is 6.54 Å². The van der Waals surface area contributed by atoms with Crippen molar-refractivity contribution < 1.29 is 4.79 Å². The van der Waals surface area contributed by atoms with Crippen LogP contribution < -0.4 is 0 Å². The normalized spacial score (nSPS) is 13.6. The molecule has 1 aliphatic carbocycles. The number of hydrogen-bond donors (Lipinski definition) is 0. The molecule has 0 bridgehead atoms. The van der Waals surface area contributed by atoms with Crippen LogP contribution in [0.15, 0.2) is 53.3 Å². The van der Waals surface area contributed by atoms with Crippen molar-refractivity contribution in [3.05, 3.63) is 69.9 Å². The minimum absolute atomic E-state index is 0.131. The summed E-state index contributed by atoms with van der Waals surface area (Å²) in [5, 5.41) is 11.7. The molecule has 0 aromatic carbocycles. The lowest BCUT2D eigenvalue weighted by Gasteiger charge is -2.09. The van der Waals surface area contributed by atoms with Crippen molar-refractivity contribution in [2.45, 2.75) is 44.4 Å². The van der Waals surface area contributed by atoms with Crippen LogP contribution in [0.5, 0.6) is 0 Å². The maximum absolute atomic E-state index is 13.1. The molecule has 0 N–H and O–H groups in total. The van der Waals surface area contributed by atoms with Gasteiger partial charge in [0, 0.05) is 45.8 Å². The summed E-state index contributed by atoms with van der Waals surface area (Å²) in [6.07, 6.45) is 5.79. The summed E-state index contributed by atoms with van der Waals surface area (Å²) in [5.41, 5.74) is 3.94. The number of pyridine rings is 1. The fourth-order valence-corrected chi connectivity index (χ4v) is 5.41. The summed E-state index contributed by atoms with van der Waals surface area (Å²) < 4.78 is 4.41. The molecule has 0 saturated heterocycles. The molecule has 1 aliphatic rings. The molecule has 8 heteroatoms. The fraction of sp³-hybridized carbons (Fsp3) is 0.304. The first kappa shape index (κ1) is 20.2. The summed E-state index contributed by atoms with van der Waals surface area (Å²) in [6, 6.07) is 10.5. The fourth-order valence-electron chi connectivity index (χ4n) is 3.83. The van der Waals surface area contributed by atoms with E-state index in [9.17, 15) is 4.79 Å². The summed E-state index contributed by atoms with van der Waals surface area (Å²) in [5.74, 6) is 1.34. The van der Waals surface area contributed by atoms with E-state index in [4.69, 9.17) is 0 Å². The van der Waals surface area contributed by atoms with E-state index in [1.807, 2.05) is 25.1 Å². The highest BCUT2D eigenvalue weighted by Crippen LogP contribution is 2.41. The third-order valence-electron chi connectivity index (χ3n) is 5.62. The van der Waals surface area contributed by atoms with Crippen LogP contribution in [0.4, 0.5) is 0 Å². The predicted molar refractivity (Wildman–Crippen MR) is 124 cm³/mol. The first-order valence-corrected chi connectivity index (χ1v) is 12.2. The van der Waals surface area contributed by atoms with Gasteiger partial charge in [0.05, 0.1) is 12.3 Å². The van der Waals surface area contributed by atoms with Crippen LogP contribution in [-0.4, -0.2) is 35.9 Å². The van der Waals surface area contributed by atoms with Gasteiger partial charge in [0.15, 0.2) is 16.8 Å². The van der Waals surface area contributed by atoms with E-state index >= 15 is 0 Å². The topological polar surface area (TPSA) is 65.6 Å². The molecule has 0 radical (unpaired) electrons. The van der Waals surface area contributed by atoms with Crippen molar-refractivity contribution >= 4 is 28.9 Å². The Balaban J connectivity index is 1.34. The van der Waals surface area contributed by atoms with Gasteiger partial charge in [-0.3, -0.25) is 14.3 Å². The lowest BCUT2D eigenvalue weighted by Crippen LogP contribution is -2.08. The second-order valence-electron chi connectivity index (χ2n) is 7.81. The van der Waals surface area contributed by atoms with Crippen molar-refractivity contribution in [2.75, 3.05) is 5.75 Å². The number of carbonyl (C=O) groups excluding carboxylic acids is 1. The molecule has 4 aromatic heterocycles. The van der Waals surface area contributed by atoms with Gasteiger partial charge in [-0.1, -0.05) is 17.8 Å². The van der Waals surface area contributed by atoms with Gasteiger partial charge in [0.1, 0.15) is 0 Å². The third kappa shape index (κ3) is 4.09. The van der Waals surface area contributed by atoms with Gasteiger partial charge in [0.2, 0.25) is 0 Å². The SMILES string of the molecule is Cc1cc(C(=O)CSc2nnc(-c3ccncc3)n2C2CC2)c(C)n1Cc1cccs1. The van der Waals surface area contributed by atoms with Crippen LogP contribution in [0.1, 0.15) is 45.5 Å². The monoisotopic (exact) mass is 449 g/mol. The van der Waals surface area contributed by atoms with E-state index in [1.54, 1.807) is 23.7 Å². The molecule has 158 valence electrons. The Bertz CT molecular complexity index is 1210. The first-order valence-electron chi connectivity index (χ1n) is 10.3. The van der Waals surface area contributed by atoms with E-state index in [0.29, 0.717) is 11.8 Å². The molecular weight excluding hydrogens is 426 g/mol. The Morgan fingerprint density at radius 1 is 1.19 bits per heavy atom. The van der Waals surface area contributed by atoms with Gasteiger partial charge in [-0.05, 0) is 56.3 Å². The standard InChI is InChI=1S/C23H23N5OS2/c1-15-12-20(16(2)27(15)13-19-4-3-11-30-19)21(29)14-31-23-26-25-22(28(23)18-5-6-18)17-7-9-24-10-8-17/h3-4,7-12,18H,5-6,13-14H2,1-2H3. The molecular formula is C23H23N5OS2. The van der Waals surface area contributed by atoms with Gasteiger partial charge in [-0.15, -0.1) is 21.5 Å². The Hall–Kier alpha value is -2.71. The largest absolute Gasteiger partial charge is 0.343 e. The zero-order valence-electron chi connectivity index (χ0n) is 17.5. The summed E-state index contributed by atoms with van der Waals surface area (Å²) >= 11 is 3.22. The quantitative estimate of drug-likeness (QED) is 0.274. The molecule has 6 nitrogen and oxygen atoms in total. The molecule has 0 unspecified atom stereocenters. The second-order valence-corrected chi connectivity index (χ2v) is 9.78. The highest BCUT2D eigenvalue weighted by Gasteiger charge is 2.30. The maximum Gasteiger partial charge on any atom is 0.192 e. The zero-order chi connectivity index (χ0) is 21.4. The van der Waals surface area contributed by atoms with Crippen molar-refractivity contribution in [1.29, 1.82) is 0 Å². The van der Waals surface area contributed by atoms with Crippen molar-refractivity contribution in [3.8, 4) is 11.4 Å². The average Bonchev–Trinajstić information content (AvgIpc) is 3.20. The van der Waals surface area contributed by atoms with E-state index in [0.717, 1.165) is 52.9 Å². The van der Waals surface area contributed by atoms with Gasteiger partial charge in [0.25, 0.3) is 0 Å². The smallest absolute Gasteiger partial charge is 0.192 e. The van der Waals surface area contributed by atoms with Gasteiger partial charge in [-0.25, -0.2) is 0 Å². The lowest BCUT2D eigenvalue weighted by molar-refractivity contribution is 0.102. The van der Waals surface area contributed by atoms with Crippen LogP contribution >= 0.6 is 23.1 Å². The molecule has 0 atom stereocenters. The number of hydrogen-bond acceptors (Lipinski definition) is 6. The number of thioether (sulfide) groups is 1. The van der Waals surface area contributed by atoms with Gasteiger partial charge in [-0.2, -0.15) is 0 Å². The highest BCUT2D eigenvalue weighted by molar-refractivity contribution is 7.99. The molecule has 1 saturated carbocycles. The lowest BCUT2D eigenvalue weighted by atomic mass is 10.2. The van der Waals surface area contributed by atoms with E-state index in [-0.39, 0.29) is 5.78 Å². The predicted octanol–water partition coefficient (Wildman–Crippen LogP) is 5.18. The molecule has 4 heterocycles. The maximum atomic E-state index is 13.1. The van der Waals surface area contributed by atoms with Crippen LogP contribution in [0.25, 0.3) is 11.4 Å². The molecule has 0 spiro atoms.